The normalized spacial score (nSPS) is 11.5. The minimum absolute atomic E-state index is 0.199. The first-order chi connectivity index (χ1) is 11.9. The Hall–Kier alpha value is -2.64. The number of hydrogen-bond donors (Lipinski definition) is 2. The van der Waals surface area contributed by atoms with Crippen molar-refractivity contribution in [3.05, 3.63) is 60.6 Å². The quantitative estimate of drug-likeness (QED) is 0.737. The zero-order chi connectivity index (χ0) is 18.0. The van der Waals surface area contributed by atoms with Crippen molar-refractivity contribution in [2.45, 2.75) is 11.8 Å². The van der Waals surface area contributed by atoms with Gasteiger partial charge in [0.25, 0.3) is 0 Å². The van der Waals surface area contributed by atoms with Gasteiger partial charge in [-0.25, -0.2) is 18.1 Å². The molecule has 0 atom stereocenters. The van der Waals surface area contributed by atoms with E-state index in [1.165, 1.54) is 12.6 Å². The summed E-state index contributed by atoms with van der Waals surface area (Å²) in [6.07, 6.45) is 3.54. The van der Waals surface area contributed by atoms with Crippen molar-refractivity contribution in [1.82, 2.24) is 14.3 Å². The zero-order valence-electron chi connectivity index (χ0n) is 14.3. The van der Waals surface area contributed by atoms with E-state index in [0.717, 1.165) is 16.9 Å². The van der Waals surface area contributed by atoms with Gasteiger partial charge in [0.05, 0.1) is 16.9 Å². The fourth-order valence-electron chi connectivity index (χ4n) is 2.47. The molecule has 0 saturated carbocycles. The highest BCUT2D eigenvalue weighted by Crippen LogP contribution is 2.31. The summed E-state index contributed by atoms with van der Waals surface area (Å²) in [5.74, 6) is 0. The third-order valence-electron chi connectivity index (χ3n) is 3.88. The van der Waals surface area contributed by atoms with E-state index in [4.69, 9.17) is 0 Å². The maximum Gasteiger partial charge on any atom is 0.240 e. The summed E-state index contributed by atoms with van der Waals surface area (Å²) in [6, 6.07) is 13.0. The molecular weight excluding hydrogens is 336 g/mol. The third-order valence-corrected chi connectivity index (χ3v) is 5.29. The molecule has 0 aliphatic rings. The molecular formula is C18H20N4O2S. The molecule has 25 heavy (non-hydrogen) atoms. The smallest absolute Gasteiger partial charge is 0.240 e. The van der Waals surface area contributed by atoms with E-state index in [9.17, 15) is 8.42 Å². The number of benzene rings is 2. The van der Waals surface area contributed by atoms with Gasteiger partial charge in [-0.2, -0.15) is 0 Å². The standard InChI is InChI=1S/C18H20N4O2S/c1-13-4-6-14(7-5-13)21-17-9-8-15(25(23,24)19-2)10-16(17)18-11-22(3)12-20-18/h4-12,19,21H,1-3H3. The van der Waals surface area contributed by atoms with Crippen LogP contribution in [0.2, 0.25) is 0 Å². The molecule has 0 saturated heterocycles. The first kappa shape index (κ1) is 17.2. The average Bonchev–Trinajstić information content (AvgIpc) is 3.03. The molecule has 2 N–H and O–H groups in total. The lowest BCUT2D eigenvalue weighted by Gasteiger charge is -2.13. The van der Waals surface area contributed by atoms with Gasteiger partial charge in [-0.1, -0.05) is 17.7 Å². The number of hydrogen-bond acceptors (Lipinski definition) is 4. The van der Waals surface area contributed by atoms with Gasteiger partial charge in [-0.3, -0.25) is 0 Å². The fraction of sp³-hybridized carbons (Fsp3) is 0.167. The summed E-state index contributed by atoms with van der Waals surface area (Å²) in [6.45, 7) is 2.03. The van der Waals surface area contributed by atoms with Crippen molar-refractivity contribution < 1.29 is 8.42 Å². The van der Waals surface area contributed by atoms with Gasteiger partial charge in [-0.05, 0) is 44.3 Å². The Morgan fingerprint density at radius 2 is 1.80 bits per heavy atom. The molecule has 0 aliphatic carbocycles. The maximum absolute atomic E-state index is 12.1. The molecule has 0 aliphatic heterocycles. The van der Waals surface area contributed by atoms with E-state index in [-0.39, 0.29) is 4.90 Å². The highest BCUT2D eigenvalue weighted by molar-refractivity contribution is 7.89. The zero-order valence-corrected chi connectivity index (χ0v) is 15.1. The molecule has 6 nitrogen and oxygen atoms in total. The van der Waals surface area contributed by atoms with Gasteiger partial charge in [0.2, 0.25) is 10.0 Å². The Kier molecular flexibility index (Phi) is 4.61. The number of aromatic nitrogens is 2. The van der Waals surface area contributed by atoms with Crippen LogP contribution in [0.15, 0.2) is 59.9 Å². The predicted molar refractivity (Wildman–Crippen MR) is 99.4 cm³/mol. The van der Waals surface area contributed by atoms with E-state index < -0.39 is 10.0 Å². The topological polar surface area (TPSA) is 76.0 Å². The lowest BCUT2D eigenvalue weighted by molar-refractivity contribution is 0.588. The first-order valence-electron chi connectivity index (χ1n) is 7.79. The summed E-state index contributed by atoms with van der Waals surface area (Å²) in [7, 11) is -0.260. The van der Waals surface area contributed by atoms with Crippen LogP contribution in [0.4, 0.5) is 11.4 Å². The number of anilines is 2. The van der Waals surface area contributed by atoms with Crippen LogP contribution in [-0.4, -0.2) is 25.0 Å². The second-order valence-electron chi connectivity index (χ2n) is 5.83. The summed E-state index contributed by atoms with van der Waals surface area (Å²) in [5.41, 5.74) is 4.30. The van der Waals surface area contributed by atoms with E-state index in [1.807, 2.05) is 49.0 Å². The van der Waals surface area contributed by atoms with Crippen LogP contribution >= 0.6 is 0 Å². The number of rotatable bonds is 5. The lowest BCUT2D eigenvalue weighted by atomic mass is 10.1. The number of sulfonamides is 1. The third kappa shape index (κ3) is 3.72. The Morgan fingerprint density at radius 3 is 2.40 bits per heavy atom. The highest BCUT2D eigenvalue weighted by Gasteiger charge is 2.16. The van der Waals surface area contributed by atoms with E-state index in [1.54, 1.807) is 24.5 Å². The first-order valence-corrected chi connectivity index (χ1v) is 9.27. The molecule has 3 rings (SSSR count). The van der Waals surface area contributed by atoms with Gasteiger partial charge in [-0.15, -0.1) is 0 Å². The summed E-state index contributed by atoms with van der Waals surface area (Å²) in [5, 5.41) is 3.34. The lowest BCUT2D eigenvalue weighted by Crippen LogP contribution is -2.18. The van der Waals surface area contributed by atoms with Gasteiger partial charge in [0, 0.05) is 30.2 Å². The molecule has 0 fully saturated rings. The summed E-state index contributed by atoms with van der Waals surface area (Å²) in [4.78, 5) is 4.56. The van der Waals surface area contributed by atoms with Crippen molar-refractivity contribution in [3.8, 4) is 11.3 Å². The fourth-order valence-corrected chi connectivity index (χ4v) is 3.23. The van der Waals surface area contributed by atoms with Crippen molar-refractivity contribution in [3.63, 3.8) is 0 Å². The van der Waals surface area contributed by atoms with Crippen LogP contribution in [0.25, 0.3) is 11.3 Å². The molecule has 130 valence electrons. The van der Waals surface area contributed by atoms with Gasteiger partial charge in [0.15, 0.2) is 0 Å². The Labute approximate surface area is 147 Å². The van der Waals surface area contributed by atoms with Gasteiger partial charge < -0.3 is 9.88 Å². The molecule has 1 heterocycles. The number of aryl methyl sites for hydroxylation is 2. The molecule has 0 spiro atoms. The molecule has 3 aromatic rings. The van der Waals surface area contributed by atoms with Crippen LogP contribution in [0, 0.1) is 6.92 Å². The SMILES string of the molecule is CNS(=O)(=O)c1ccc(Nc2ccc(C)cc2)c(-c2cn(C)cn2)c1. The van der Waals surface area contributed by atoms with Crippen LogP contribution in [0.1, 0.15) is 5.56 Å². The van der Waals surface area contributed by atoms with Crippen molar-refractivity contribution in [2.24, 2.45) is 7.05 Å². The second-order valence-corrected chi connectivity index (χ2v) is 7.72. The molecule has 1 aromatic heterocycles. The van der Waals surface area contributed by atoms with Crippen LogP contribution in [-0.2, 0) is 17.1 Å². The van der Waals surface area contributed by atoms with E-state index >= 15 is 0 Å². The number of imidazole rings is 1. The number of nitrogens with zero attached hydrogens (tertiary/aromatic N) is 2. The Morgan fingerprint density at radius 1 is 1.08 bits per heavy atom. The van der Waals surface area contributed by atoms with Crippen LogP contribution in [0.5, 0.6) is 0 Å². The molecule has 2 aromatic carbocycles. The summed E-state index contributed by atoms with van der Waals surface area (Å²) < 4.78 is 28.4. The monoisotopic (exact) mass is 356 g/mol. The molecule has 0 bridgehead atoms. The van der Waals surface area contributed by atoms with Crippen LogP contribution < -0.4 is 10.0 Å². The van der Waals surface area contributed by atoms with Crippen molar-refractivity contribution >= 4 is 21.4 Å². The second kappa shape index (κ2) is 6.70. The average molecular weight is 356 g/mol. The van der Waals surface area contributed by atoms with Crippen molar-refractivity contribution in [2.75, 3.05) is 12.4 Å². The highest BCUT2D eigenvalue weighted by atomic mass is 32.2. The van der Waals surface area contributed by atoms with Crippen molar-refractivity contribution in [1.29, 1.82) is 0 Å². The van der Waals surface area contributed by atoms with E-state index in [2.05, 4.69) is 15.0 Å². The maximum atomic E-state index is 12.1. The number of nitrogens with one attached hydrogen (secondary N) is 2. The van der Waals surface area contributed by atoms with E-state index in [0.29, 0.717) is 5.69 Å². The molecule has 0 unspecified atom stereocenters. The Balaban J connectivity index is 2.09. The largest absolute Gasteiger partial charge is 0.355 e. The molecule has 0 amide bonds. The molecule has 7 heteroatoms. The molecule has 0 radical (unpaired) electrons. The van der Waals surface area contributed by atoms with Gasteiger partial charge in [0.1, 0.15) is 0 Å². The predicted octanol–water partition coefficient (Wildman–Crippen LogP) is 3.05. The summed E-state index contributed by atoms with van der Waals surface area (Å²) >= 11 is 0. The van der Waals surface area contributed by atoms with Gasteiger partial charge >= 0.3 is 0 Å². The van der Waals surface area contributed by atoms with Crippen LogP contribution in [0.3, 0.4) is 0 Å². The minimum atomic E-state index is -3.53. The minimum Gasteiger partial charge on any atom is -0.355 e. The Bertz CT molecular complexity index is 992.